The average Bonchev–Trinajstić information content (AvgIpc) is 2.47. The monoisotopic (exact) mass is 379 g/mol. The van der Waals surface area contributed by atoms with Gasteiger partial charge < -0.3 is 5.73 Å². The molecule has 3 aromatic carbocycles. The van der Waals surface area contributed by atoms with E-state index in [4.69, 9.17) is 28.9 Å². The van der Waals surface area contributed by atoms with E-state index in [0.717, 1.165) is 26.4 Å². The SMILES string of the molecule is NC(c1c(Cl)cccc1Cl)c1ccc(Br)c2ccccc12. The van der Waals surface area contributed by atoms with Crippen LogP contribution >= 0.6 is 39.1 Å². The summed E-state index contributed by atoms with van der Waals surface area (Å²) >= 11 is 16.1. The first-order valence-corrected chi connectivity index (χ1v) is 8.01. The lowest BCUT2D eigenvalue weighted by molar-refractivity contribution is 0.881. The highest BCUT2D eigenvalue weighted by atomic mass is 79.9. The van der Waals surface area contributed by atoms with E-state index in [1.165, 1.54) is 0 Å². The highest BCUT2D eigenvalue weighted by Crippen LogP contribution is 2.37. The van der Waals surface area contributed by atoms with Crippen LogP contribution in [-0.4, -0.2) is 0 Å². The first kappa shape index (κ1) is 14.9. The Hall–Kier alpha value is -1.06. The maximum atomic E-state index is 6.45. The molecule has 0 aliphatic rings. The largest absolute Gasteiger partial charge is 0.320 e. The van der Waals surface area contributed by atoms with Crippen molar-refractivity contribution in [2.45, 2.75) is 6.04 Å². The molecule has 21 heavy (non-hydrogen) atoms. The Morgan fingerprint density at radius 1 is 0.810 bits per heavy atom. The van der Waals surface area contributed by atoms with Crippen molar-refractivity contribution in [2.75, 3.05) is 0 Å². The van der Waals surface area contributed by atoms with Gasteiger partial charge in [0.2, 0.25) is 0 Å². The molecule has 0 aliphatic heterocycles. The quantitative estimate of drug-likeness (QED) is 0.583. The third-order valence-electron chi connectivity index (χ3n) is 3.55. The second-order valence-corrected chi connectivity index (χ2v) is 6.46. The van der Waals surface area contributed by atoms with Gasteiger partial charge in [0, 0.05) is 20.1 Å². The molecule has 0 heterocycles. The second kappa shape index (κ2) is 5.98. The zero-order valence-electron chi connectivity index (χ0n) is 11.0. The molecule has 0 radical (unpaired) electrons. The lowest BCUT2D eigenvalue weighted by Crippen LogP contribution is -2.13. The molecule has 0 saturated carbocycles. The van der Waals surface area contributed by atoms with Gasteiger partial charge in [-0.05, 0) is 34.5 Å². The normalized spacial score (nSPS) is 12.6. The van der Waals surface area contributed by atoms with Crippen molar-refractivity contribution in [1.29, 1.82) is 0 Å². The summed E-state index contributed by atoms with van der Waals surface area (Å²) in [5.74, 6) is 0. The Kier molecular flexibility index (Phi) is 4.23. The summed E-state index contributed by atoms with van der Waals surface area (Å²) in [6.45, 7) is 0. The van der Waals surface area contributed by atoms with E-state index in [1.54, 1.807) is 0 Å². The smallest absolute Gasteiger partial charge is 0.0587 e. The summed E-state index contributed by atoms with van der Waals surface area (Å²) in [5, 5.41) is 3.38. The molecule has 0 fully saturated rings. The van der Waals surface area contributed by atoms with E-state index in [0.29, 0.717) is 10.0 Å². The van der Waals surface area contributed by atoms with Crippen LogP contribution in [0.3, 0.4) is 0 Å². The molecule has 1 atom stereocenters. The third kappa shape index (κ3) is 2.69. The van der Waals surface area contributed by atoms with Gasteiger partial charge in [-0.25, -0.2) is 0 Å². The van der Waals surface area contributed by atoms with Crippen LogP contribution < -0.4 is 5.73 Å². The van der Waals surface area contributed by atoms with Crippen molar-refractivity contribution in [1.82, 2.24) is 0 Å². The van der Waals surface area contributed by atoms with Crippen LogP contribution in [0.5, 0.6) is 0 Å². The molecule has 4 heteroatoms. The fourth-order valence-corrected chi connectivity index (χ4v) is 3.63. The maximum Gasteiger partial charge on any atom is 0.0587 e. The van der Waals surface area contributed by atoms with Gasteiger partial charge in [-0.1, -0.05) is 75.5 Å². The zero-order chi connectivity index (χ0) is 15.0. The van der Waals surface area contributed by atoms with Gasteiger partial charge in [-0.15, -0.1) is 0 Å². The molecule has 0 amide bonds. The Labute approximate surface area is 141 Å². The van der Waals surface area contributed by atoms with Crippen LogP contribution in [0.2, 0.25) is 10.0 Å². The number of benzene rings is 3. The van der Waals surface area contributed by atoms with Gasteiger partial charge in [-0.2, -0.15) is 0 Å². The molecule has 106 valence electrons. The number of halogens is 3. The molecular formula is C17H12BrCl2N. The van der Waals surface area contributed by atoms with E-state index in [1.807, 2.05) is 42.5 Å². The van der Waals surface area contributed by atoms with Crippen molar-refractivity contribution in [3.05, 3.63) is 80.2 Å². The predicted molar refractivity (Wildman–Crippen MR) is 94.1 cm³/mol. The molecular weight excluding hydrogens is 369 g/mol. The van der Waals surface area contributed by atoms with Crippen LogP contribution in [-0.2, 0) is 0 Å². The van der Waals surface area contributed by atoms with E-state index in [2.05, 4.69) is 28.1 Å². The standard InChI is InChI=1S/C17H12BrCl2N/c18-13-9-8-12(10-4-1-2-5-11(10)13)17(21)16-14(19)6-3-7-15(16)20/h1-9,17H,21H2. The van der Waals surface area contributed by atoms with Crippen LogP contribution in [0.25, 0.3) is 10.8 Å². The molecule has 0 saturated heterocycles. The summed E-state index contributed by atoms with van der Waals surface area (Å²) in [4.78, 5) is 0. The minimum atomic E-state index is -0.371. The van der Waals surface area contributed by atoms with E-state index in [9.17, 15) is 0 Å². The van der Waals surface area contributed by atoms with Crippen LogP contribution in [0.1, 0.15) is 17.2 Å². The van der Waals surface area contributed by atoms with Crippen molar-refractivity contribution < 1.29 is 0 Å². The molecule has 1 nitrogen and oxygen atoms in total. The van der Waals surface area contributed by atoms with Gasteiger partial charge in [0.1, 0.15) is 0 Å². The van der Waals surface area contributed by atoms with Crippen molar-refractivity contribution in [3.63, 3.8) is 0 Å². The summed E-state index contributed by atoms with van der Waals surface area (Å²) in [6, 6.07) is 17.2. The van der Waals surface area contributed by atoms with Crippen LogP contribution in [0, 0.1) is 0 Å². The maximum absolute atomic E-state index is 6.45. The molecule has 0 spiro atoms. The predicted octanol–water partition coefficient (Wildman–Crippen LogP) is 5.96. The van der Waals surface area contributed by atoms with Gasteiger partial charge in [0.05, 0.1) is 6.04 Å². The van der Waals surface area contributed by atoms with E-state index < -0.39 is 0 Å². The minimum absolute atomic E-state index is 0.371. The Morgan fingerprint density at radius 2 is 1.43 bits per heavy atom. The van der Waals surface area contributed by atoms with Crippen molar-refractivity contribution in [2.24, 2.45) is 5.73 Å². The molecule has 1 unspecified atom stereocenters. The van der Waals surface area contributed by atoms with E-state index >= 15 is 0 Å². The number of hydrogen-bond donors (Lipinski definition) is 1. The fraction of sp³-hybridized carbons (Fsp3) is 0.0588. The number of rotatable bonds is 2. The van der Waals surface area contributed by atoms with E-state index in [-0.39, 0.29) is 6.04 Å². The van der Waals surface area contributed by atoms with Crippen molar-refractivity contribution in [3.8, 4) is 0 Å². The Morgan fingerprint density at radius 3 is 2.10 bits per heavy atom. The number of nitrogens with two attached hydrogens (primary N) is 1. The van der Waals surface area contributed by atoms with Gasteiger partial charge >= 0.3 is 0 Å². The lowest BCUT2D eigenvalue weighted by Gasteiger charge is -2.18. The zero-order valence-corrected chi connectivity index (χ0v) is 14.1. The first-order valence-electron chi connectivity index (χ1n) is 6.46. The summed E-state index contributed by atoms with van der Waals surface area (Å²) in [7, 11) is 0. The summed E-state index contributed by atoms with van der Waals surface area (Å²) < 4.78 is 1.04. The summed E-state index contributed by atoms with van der Waals surface area (Å²) in [5.41, 5.74) is 8.21. The lowest BCUT2D eigenvalue weighted by atomic mass is 9.94. The Bertz CT molecular complexity index is 797. The molecule has 0 aliphatic carbocycles. The molecule has 0 aromatic heterocycles. The summed E-state index contributed by atoms with van der Waals surface area (Å²) in [6.07, 6.45) is 0. The van der Waals surface area contributed by atoms with Crippen molar-refractivity contribution >= 4 is 49.9 Å². The molecule has 2 N–H and O–H groups in total. The molecule has 3 aromatic rings. The third-order valence-corrected chi connectivity index (χ3v) is 4.90. The van der Waals surface area contributed by atoms with Crippen LogP contribution in [0.15, 0.2) is 59.1 Å². The Balaban J connectivity index is 2.23. The first-order chi connectivity index (χ1) is 10.1. The average molecular weight is 381 g/mol. The second-order valence-electron chi connectivity index (χ2n) is 4.80. The molecule has 0 bridgehead atoms. The topological polar surface area (TPSA) is 26.0 Å². The minimum Gasteiger partial charge on any atom is -0.320 e. The molecule has 3 rings (SSSR count). The number of hydrogen-bond acceptors (Lipinski definition) is 1. The van der Waals surface area contributed by atoms with Gasteiger partial charge in [-0.3, -0.25) is 0 Å². The highest BCUT2D eigenvalue weighted by molar-refractivity contribution is 9.10. The fourth-order valence-electron chi connectivity index (χ4n) is 2.52. The van der Waals surface area contributed by atoms with Crippen LogP contribution in [0.4, 0.5) is 0 Å². The van der Waals surface area contributed by atoms with Gasteiger partial charge in [0.25, 0.3) is 0 Å². The number of fused-ring (bicyclic) bond motifs is 1. The highest BCUT2D eigenvalue weighted by Gasteiger charge is 2.18. The van der Waals surface area contributed by atoms with Gasteiger partial charge in [0.15, 0.2) is 0 Å².